The number of nitrogens with one attached hydrogen (secondary N) is 1. The van der Waals surface area contributed by atoms with Gasteiger partial charge in [0.25, 0.3) is 0 Å². The van der Waals surface area contributed by atoms with E-state index in [1.54, 1.807) is 0 Å². The quantitative estimate of drug-likeness (QED) is 0.849. The molecule has 1 saturated carbocycles. The van der Waals surface area contributed by atoms with Crippen molar-refractivity contribution < 1.29 is 14.3 Å². The van der Waals surface area contributed by atoms with Crippen LogP contribution in [0.5, 0.6) is 0 Å². The summed E-state index contributed by atoms with van der Waals surface area (Å²) in [6, 6.07) is 7.70. The van der Waals surface area contributed by atoms with E-state index in [9.17, 15) is 4.79 Å². The van der Waals surface area contributed by atoms with E-state index in [1.165, 1.54) is 19.3 Å². The molecule has 5 nitrogen and oxygen atoms in total. The molecule has 6 heteroatoms. The van der Waals surface area contributed by atoms with E-state index in [1.807, 2.05) is 24.3 Å². The lowest BCUT2D eigenvalue weighted by atomic mass is 9.94. The molecule has 0 aromatic heterocycles. The number of hydrogen-bond donors (Lipinski definition) is 1. The van der Waals surface area contributed by atoms with Gasteiger partial charge in [0.2, 0.25) is 5.91 Å². The molecule has 0 unspecified atom stereocenters. The number of amides is 1. The van der Waals surface area contributed by atoms with Gasteiger partial charge in [0, 0.05) is 37.0 Å². The molecule has 2 heterocycles. The minimum atomic E-state index is -0.430. The van der Waals surface area contributed by atoms with Crippen LogP contribution in [0.25, 0.3) is 0 Å². The lowest BCUT2D eigenvalue weighted by Crippen LogP contribution is -2.51. The van der Waals surface area contributed by atoms with Gasteiger partial charge in [0.1, 0.15) is 6.04 Å². The molecule has 1 N–H and O–H groups in total. The van der Waals surface area contributed by atoms with Crippen LogP contribution in [0.15, 0.2) is 24.3 Å². The highest BCUT2D eigenvalue weighted by molar-refractivity contribution is 6.30. The molecule has 1 atom stereocenters. The number of likely N-dealkylation sites (tertiary alicyclic amines) is 1. The molecule has 2 aliphatic heterocycles. The van der Waals surface area contributed by atoms with Crippen LogP contribution in [-0.4, -0.2) is 48.9 Å². The molecule has 0 bridgehead atoms. The number of carbonyl (C=O) groups excluding carboxylic acids is 1. The van der Waals surface area contributed by atoms with E-state index in [0.717, 1.165) is 44.3 Å². The zero-order valence-electron chi connectivity index (χ0n) is 15.8. The second-order valence-corrected chi connectivity index (χ2v) is 8.38. The average molecular weight is 393 g/mol. The van der Waals surface area contributed by atoms with E-state index in [0.29, 0.717) is 24.3 Å². The summed E-state index contributed by atoms with van der Waals surface area (Å²) < 4.78 is 11.7. The Hall–Kier alpha value is -1.14. The maximum Gasteiger partial charge on any atom is 0.242 e. The van der Waals surface area contributed by atoms with Crippen LogP contribution in [0.1, 0.15) is 56.6 Å². The number of piperidine rings is 1. The van der Waals surface area contributed by atoms with Crippen molar-refractivity contribution in [3.63, 3.8) is 0 Å². The van der Waals surface area contributed by atoms with Gasteiger partial charge in [-0.1, -0.05) is 43.0 Å². The largest absolute Gasteiger partial charge is 0.352 e. The van der Waals surface area contributed by atoms with Crippen LogP contribution >= 0.6 is 11.6 Å². The van der Waals surface area contributed by atoms with Crippen molar-refractivity contribution in [2.75, 3.05) is 26.3 Å². The molecule has 3 fully saturated rings. The van der Waals surface area contributed by atoms with Crippen LogP contribution in [-0.2, 0) is 14.3 Å². The number of hydrogen-bond acceptors (Lipinski definition) is 4. The smallest absolute Gasteiger partial charge is 0.242 e. The number of benzene rings is 1. The predicted octanol–water partition coefficient (Wildman–Crippen LogP) is 3.67. The second kappa shape index (κ2) is 8.48. The van der Waals surface area contributed by atoms with Crippen molar-refractivity contribution in [2.24, 2.45) is 0 Å². The van der Waals surface area contributed by atoms with Gasteiger partial charge in [0.05, 0.1) is 13.2 Å². The number of halogens is 1. The van der Waals surface area contributed by atoms with Gasteiger partial charge >= 0.3 is 0 Å². The molecule has 4 rings (SSSR count). The van der Waals surface area contributed by atoms with Crippen molar-refractivity contribution in [2.45, 2.75) is 62.8 Å². The molecule has 0 radical (unpaired) electrons. The number of rotatable bonds is 4. The van der Waals surface area contributed by atoms with Gasteiger partial charge in [-0.2, -0.15) is 0 Å². The van der Waals surface area contributed by atoms with Crippen molar-refractivity contribution in [1.82, 2.24) is 10.2 Å². The Morgan fingerprint density at radius 2 is 1.70 bits per heavy atom. The highest BCUT2D eigenvalue weighted by atomic mass is 35.5. The molecule has 1 aliphatic carbocycles. The fourth-order valence-corrected chi connectivity index (χ4v) is 4.73. The van der Waals surface area contributed by atoms with Crippen LogP contribution in [0.2, 0.25) is 5.02 Å². The van der Waals surface area contributed by atoms with Crippen LogP contribution in [0.3, 0.4) is 0 Å². The Kier molecular flexibility index (Phi) is 6.02. The Balaban J connectivity index is 1.49. The monoisotopic (exact) mass is 392 g/mol. The Morgan fingerprint density at radius 3 is 2.33 bits per heavy atom. The summed E-state index contributed by atoms with van der Waals surface area (Å²) in [5, 5.41) is 4.00. The van der Waals surface area contributed by atoms with Crippen molar-refractivity contribution in [1.29, 1.82) is 0 Å². The Labute approximate surface area is 166 Å². The standard InChI is InChI=1S/C21H29ClN2O3/c22-17-8-6-16(7-9-17)19(20(25)23-18-4-2-1-3-5-18)24-12-10-21(11-13-24)26-14-15-27-21/h6-9,18-19H,1-5,10-15H2,(H,23,25)/t19-/m0/s1. The first-order valence-corrected chi connectivity index (χ1v) is 10.6. The molecule has 27 heavy (non-hydrogen) atoms. The zero-order chi connectivity index (χ0) is 18.7. The maximum absolute atomic E-state index is 13.3. The average Bonchev–Trinajstić information content (AvgIpc) is 3.14. The summed E-state index contributed by atoms with van der Waals surface area (Å²) in [7, 11) is 0. The van der Waals surface area contributed by atoms with Crippen molar-refractivity contribution in [3.8, 4) is 0 Å². The van der Waals surface area contributed by atoms with Gasteiger partial charge in [-0.25, -0.2) is 0 Å². The van der Waals surface area contributed by atoms with Crippen molar-refractivity contribution in [3.05, 3.63) is 34.9 Å². The first-order chi connectivity index (χ1) is 13.2. The van der Waals surface area contributed by atoms with E-state index >= 15 is 0 Å². The van der Waals surface area contributed by atoms with E-state index < -0.39 is 5.79 Å². The highest BCUT2D eigenvalue weighted by Gasteiger charge is 2.42. The summed E-state index contributed by atoms with van der Waals surface area (Å²) in [6.07, 6.45) is 7.46. The molecule has 1 amide bonds. The predicted molar refractivity (Wildman–Crippen MR) is 105 cm³/mol. The van der Waals surface area contributed by atoms with Crippen molar-refractivity contribution >= 4 is 17.5 Å². The second-order valence-electron chi connectivity index (χ2n) is 7.94. The zero-order valence-corrected chi connectivity index (χ0v) is 16.5. The van der Waals surface area contributed by atoms with Gasteiger partial charge in [0.15, 0.2) is 5.79 Å². The summed E-state index contributed by atoms with van der Waals surface area (Å²) in [4.78, 5) is 15.5. The summed E-state index contributed by atoms with van der Waals surface area (Å²) in [6.45, 7) is 2.91. The molecule has 1 aromatic carbocycles. The third-order valence-corrected chi connectivity index (χ3v) is 6.38. The first kappa shape index (κ1) is 19.2. The fourth-order valence-electron chi connectivity index (χ4n) is 4.61. The summed E-state index contributed by atoms with van der Waals surface area (Å²) in [5.41, 5.74) is 0.997. The summed E-state index contributed by atoms with van der Waals surface area (Å²) in [5.74, 6) is -0.325. The molecular weight excluding hydrogens is 364 g/mol. The lowest BCUT2D eigenvalue weighted by molar-refractivity contribution is -0.189. The third kappa shape index (κ3) is 4.48. The van der Waals surface area contributed by atoms with E-state index in [-0.39, 0.29) is 11.9 Å². The third-order valence-electron chi connectivity index (χ3n) is 6.12. The van der Waals surface area contributed by atoms with E-state index in [2.05, 4.69) is 10.2 Å². The van der Waals surface area contributed by atoms with Crippen LogP contribution in [0.4, 0.5) is 0 Å². The Morgan fingerprint density at radius 1 is 1.07 bits per heavy atom. The first-order valence-electron chi connectivity index (χ1n) is 10.2. The molecule has 2 saturated heterocycles. The number of carbonyl (C=O) groups is 1. The Bertz CT molecular complexity index is 629. The van der Waals surface area contributed by atoms with Crippen LogP contribution in [0, 0.1) is 0 Å². The van der Waals surface area contributed by atoms with Gasteiger partial charge in [-0.15, -0.1) is 0 Å². The van der Waals surface area contributed by atoms with E-state index in [4.69, 9.17) is 21.1 Å². The molecule has 148 valence electrons. The number of ether oxygens (including phenoxy) is 2. The SMILES string of the molecule is O=C(NC1CCCCC1)[C@H](c1ccc(Cl)cc1)N1CCC2(CC1)OCCO2. The highest BCUT2D eigenvalue weighted by Crippen LogP contribution is 2.35. The molecule has 3 aliphatic rings. The van der Waals surface area contributed by atoms with Gasteiger partial charge in [-0.05, 0) is 30.5 Å². The summed E-state index contributed by atoms with van der Waals surface area (Å²) >= 11 is 6.07. The van der Waals surface area contributed by atoms with Gasteiger partial charge in [-0.3, -0.25) is 9.69 Å². The molecular formula is C21H29ClN2O3. The maximum atomic E-state index is 13.3. The van der Waals surface area contributed by atoms with Crippen LogP contribution < -0.4 is 5.32 Å². The lowest BCUT2D eigenvalue weighted by Gasteiger charge is -2.41. The minimum absolute atomic E-state index is 0.105. The molecule has 1 aromatic rings. The number of nitrogens with zero attached hydrogens (tertiary/aromatic N) is 1. The minimum Gasteiger partial charge on any atom is -0.352 e. The normalized spacial score (nSPS) is 24.8. The topological polar surface area (TPSA) is 50.8 Å². The van der Waals surface area contributed by atoms with Gasteiger partial charge < -0.3 is 14.8 Å². The molecule has 1 spiro atoms. The fraction of sp³-hybridized carbons (Fsp3) is 0.667.